The number of nitrogens with one attached hydrogen (secondary N) is 1. The van der Waals surface area contributed by atoms with Gasteiger partial charge in [-0.15, -0.1) is 0 Å². The van der Waals surface area contributed by atoms with E-state index in [4.69, 9.17) is 0 Å². The van der Waals surface area contributed by atoms with Gasteiger partial charge in [-0.3, -0.25) is 0 Å². The van der Waals surface area contributed by atoms with Gasteiger partial charge in [0.25, 0.3) is 0 Å². The Labute approximate surface area is 397 Å². The highest BCUT2D eigenvalue weighted by Gasteiger charge is 2.30. The first-order chi connectivity index (χ1) is 30.8. The van der Waals surface area contributed by atoms with E-state index in [1.165, 1.54) is 137 Å². The summed E-state index contributed by atoms with van der Waals surface area (Å²) in [5.74, 6) is 0. The van der Waals surface area contributed by atoms with Gasteiger partial charge in [-0.25, -0.2) is 0 Å². The Morgan fingerprint density at radius 1 is 0.364 bits per heavy atom. The van der Waals surface area contributed by atoms with Gasteiger partial charge in [-0.05, 0) is 134 Å². The highest BCUT2D eigenvalue weighted by molar-refractivity contribution is 9.10. The van der Waals surface area contributed by atoms with Crippen molar-refractivity contribution in [3.63, 3.8) is 0 Å². The molecule has 66 heavy (non-hydrogen) atoms. The SMILES string of the molecule is CC(C)(C)c1ccc2[nH]c3c(-c4c(Br)cc5c6cc7c8cc(C(C)(C)C)cc9c%10cc(C(C)(C)C)ccc%10n(c7cc6n6c7ccc(C(C)(C)C)cc7c4c56)c98)cc(C(C)(C)C)cc3c2c1. The smallest absolute Gasteiger partial charge is 0.0627 e. The zero-order valence-electron chi connectivity index (χ0n) is 41.5. The molecule has 0 aliphatic rings. The zero-order valence-corrected chi connectivity index (χ0v) is 43.1. The summed E-state index contributed by atoms with van der Waals surface area (Å²) in [6, 6.07) is 38.9. The maximum Gasteiger partial charge on any atom is 0.0627 e. The minimum absolute atomic E-state index is 0.00811. The van der Waals surface area contributed by atoms with Crippen molar-refractivity contribution < 1.29 is 0 Å². The molecule has 12 rings (SSSR count). The fourth-order valence-corrected chi connectivity index (χ4v) is 12.0. The third kappa shape index (κ3) is 5.73. The standard InChI is InChI=1S/C62H62BrN3/c1-58(2,3)32-16-19-48-37(22-32)41-25-35(61(10,11)12)28-46(55(41)64-48)53-47(63)30-44-40-29-39-43-27-36(62(13,14)15)26-42-38-23-33(59(4,5)6)17-20-49(38)65(56(42)43)51(39)31-52(40)66-50-21-18-34(60(7,8)9)24-45(50)54(53)57(44)66/h16-31,64H,1-15H3. The van der Waals surface area contributed by atoms with Gasteiger partial charge in [0.15, 0.2) is 0 Å². The molecule has 0 atom stereocenters. The number of aromatic amines is 1. The van der Waals surface area contributed by atoms with E-state index in [0.29, 0.717) is 0 Å². The first-order valence-electron chi connectivity index (χ1n) is 24.0. The van der Waals surface area contributed by atoms with Crippen LogP contribution in [0.25, 0.3) is 109 Å². The van der Waals surface area contributed by atoms with Gasteiger partial charge in [0.05, 0.1) is 38.6 Å². The third-order valence-electron chi connectivity index (χ3n) is 15.3. The fraction of sp³-hybridized carbons (Fsp3) is 0.323. The van der Waals surface area contributed by atoms with Crippen LogP contribution in [0.2, 0.25) is 0 Å². The molecular formula is C62H62BrN3. The lowest BCUT2D eigenvalue weighted by Gasteiger charge is -2.22. The van der Waals surface area contributed by atoms with Crippen LogP contribution in [0.4, 0.5) is 0 Å². The highest BCUT2D eigenvalue weighted by atomic mass is 79.9. The average molecular weight is 929 g/mol. The van der Waals surface area contributed by atoms with Gasteiger partial charge in [0, 0.05) is 75.0 Å². The van der Waals surface area contributed by atoms with Crippen molar-refractivity contribution in [1.29, 1.82) is 0 Å². The van der Waals surface area contributed by atoms with Crippen molar-refractivity contribution in [2.24, 2.45) is 0 Å². The second kappa shape index (κ2) is 12.9. The summed E-state index contributed by atoms with van der Waals surface area (Å²) in [5.41, 5.74) is 19.2. The first kappa shape index (κ1) is 41.8. The van der Waals surface area contributed by atoms with E-state index in [9.17, 15) is 0 Å². The van der Waals surface area contributed by atoms with E-state index < -0.39 is 0 Å². The second-order valence-corrected chi connectivity index (χ2v) is 25.9. The van der Waals surface area contributed by atoms with E-state index in [2.05, 4.69) is 231 Å². The van der Waals surface area contributed by atoms with Crippen LogP contribution in [0.3, 0.4) is 0 Å². The van der Waals surface area contributed by atoms with Crippen LogP contribution in [0.1, 0.15) is 132 Å². The van der Waals surface area contributed by atoms with Gasteiger partial charge in [0.1, 0.15) is 0 Å². The van der Waals surface area contributed by atoms with Gasteiger partial charge in [-0.2, -0.15) is 0 Å². The van der Waals surface area contributed by atoms with Crippen LogP contribution >= 0.6 is 15.9 Å². The van der Waals surface area contributed by atoms with Crippen LogP contribution in [-0.2, 0) is 27.1 Å². The van der Waals surface area contributed by atoms with Crippen molar-refractivity contribution in [1.82, 2.24) is 13.8 Å². The molecule has 0 bridgehead atoms. The molecule has 0 saturated heterocycles. The quantitative estimate of drug-likeness (QED) is 0.170. The molecule has 0 aliphatic heterocycles. The molecule has 0 spiro atoms. The van der Waals surface area contributed by atoms with Gasteiger partial charge in [0.2, 0.25) is 0 Å². The molecule has 0 saturated carbocycles. The lowest BCUT2D eigenvalue weighted by Crippen LogP contribution is -2.11. The minimum Gasteiger partial charge on any atom is -0.354 e. The second-order valence-electron chi connectivity index (χ2n) is 25.0. The normalized spacial score (nSPS) is 14.1. The van der Waals surface area contributed by atoms with Crippen molar-refractivity contribution >= 4 is 114 Å². The Bertz CT molecular complexity index is 4050. The number of benzene rings is 7. The molecule has 4 heteroatoms. The van der Waals surface area contributed by atoms with Crippen LogP contribution in [0, 0.1) is 0 Å². The Morgan fingerprint density at radius 2 is 0.788 bits per heavy atom. The van der Waals surface area contributed by atoms with E-state index >= 15 is 0 Å². The summed E-state index contributed by atoms with van der Waals surface area (Å²) in [4.78, 5) is 3.99. The van der Waals surface area contributed by atoms with Crippen LogP contribution in [-0.4, -0.2) is 13.8 Å². The zero-order chi connectivity index (χ0) is 46.7. The third-order valence-corrected chi connectivity index (χ3v) is 16.0. The number of hydrogen-bond acceptors (Lipinski definition) is 0. The summed E-state index contributed by atoms with van der Waals surface area (Å²) in [5, 5.41) is 13.1. The Balaban J connectivity index is 1.26. The average Bonchev–Trinajstić information content (AvgIpc) is 4.01. The number of fused-ring (bicyclic) bond motifs is 15. The molecule has 0 radical (unpaired) electrons. The fourth-order valence-electron chi connectivity index (χ4n) is 11.3. The molecule has 332 valence electrons. The molecule has 7 aromatic carbocycles. The van der Waals surface area contributed by atoms with E-state index in [-0.39, 0.29) is 27.1 Å². The van der Waals surface area contributed by atoms with Crippen molar-refractivity contribution in [3.8, 4) is 11.1 Å². The van der Waals surface area contributed by atoms with Gasteiger partial charge < -0.3 is 13.8 Å². The topological polar surface area (TPSA) is 24.6 Å². The lowest BCUT2D eigenvalue weighted by molar-refractivity contribution is 0.590. The monoisotopic (exact) mass is 927 g/mol. The molecule has 0 unspecified atom stereocenters. The maximum atomic E-state index is 4.35. The van der Waals surface area contributed by atoms with E-state index in [1.807, 2.05) is 0 Å². The lowest BCUT2D eigenvalue weighted by atomic mass is 9.82. The largest absolute Gasteiger partial charge is 0.354 e. The predicted molar refractivity (Wildman–Crippen MR) is 292 cm³/mol. The number of aromatic nitrogens is 3. The number of rotatable bonds is 1. The summed E-state index contributed by atoms with van der Waals surface area (Å²) < 4.78 is 6.30. The molecule has 12 aromatic rings. The molecule has 0 fully saturated rings. The summed E-state index contributed by atoms with van der Waals surface area (Å²) >= 11 is 4.35. The Morgan fingerprint density at radius 3 is 1.35 bits per heavy atom. The van der Waals surface area contributed by atoms with Crippen LogP contribution in [0.5, 0.6) is 0 Å². The number of halogens is 1. The van der Waals surface area contributed by atoms with Crippen LogP contribution in [0.15, 0.2) is 102 Å². The molecule has 5 aromatic heterocycles. The first-order valence-corrected chi connectivity index (χ1v) is 24.8. The van der Waals surface area contributed by atoms with Gasteiger partial charge >= 0.3 is 0 Å². The maximum absolute atomic E-state index is 4.35. The molecular weight excluding hydrogens is 867 g/mol. The Hall–Kier alpha value is -5.58. The van der Waals surface area contributed by atoms with Crippen molar-refractivity contribution in [2.45, 2.75) is 131 Å². The van der Waals surface area contributed by atoms with Gasteiger partial charge in [-0.1, -0.05) is 138 Å². The Kier molecular flexibility index (Phi) is 8.17. The molecule has 0 aliphatic carbocycles. The van der Waals surface area contributed by atoms with E-state index in [0.717, 1.165) is 4.47 Å². The minimum atomic E-state index is -0.0661. The van der Waals surface area contributed by atoms with E-state index in [1.54, 1.807) is 0 Å². The molecule has 5 heterocycles. The highest BCUT2D eigenvalue weighted by Crippen LogP contribution is 2.52. The molecule has 0 amide bonds. The van der Waals surface area contributed by atoms with Crippen molar-refractivity contribution in [2.75, 3.05) is 0 Å². The summed E-state index contributed by atoms with van der Waals surface area (Å²) in [6.45, 7) is 35.0. The summed E-state index contributed by atoms with van der Waals surface area (Å²) in [7, 11) is 0. The predicted octanol–water partition coefficient (Wildman–Crippen LogP) is 18.5. The number of hydrogen-bond donors (Lipinski definition) is 1. The molecule has 3 nitrogen and oxygen atoms in total. The van der Waals surface area contributed by atoms with Crippen molar-refractivity contribution in [3.05, 3.63) is 129 Å². The number of H-pyrrole nitrogens is 1. The molecule has 1 N–H and O–H groups in total. The van der Waals surface area contributed by atoms with Crippen LogP contribution < -0.4 is 0 Å². The number of nitrogens with zero attached hydrogens (tertiary/aromatic N) is 2. The summed E-state index contributed by atoms with van der Waals surface area (Å²) in [6.07, 6.45) is 0.